The van der Waals surface area contributed by atoms with Crippen LogP contribution in [0.2, 0.25) is 0 Å². The molecule has 0 aromatic heterocycles. The quantitative estimate of drug-likeness (QED) is 0.666. The fraction of sp³-hybridized carbons (Fsp3) is 0.167. The van der Waals surface area contributed by atoms with E-state index in [-0.39, 0.29) is 24.3 Å². The van der Waals surface area contributed by atoms with Crippen molar-refractivity contribution in [1.82, 2.24) is 5.32 Å². The van der Waals surface area contributed by atoms with E-state index in [0.717, 1.165) is 28.8 Å². The highest BCUT2D eigenvalue weighted by atomic mass is 19.1. The first-order chi connectivity index (χ1) is 14.5. The fourth-order valence-electron chi connectivity index (χ4n) is 3.48. The molecule has 2 N–H and O–H groups in total. The molecule has 4 rings (SSSR count). The van der Waals surface area contributed by atoms with Crippen LogP contribution in [0.1, 0.15) is 27.0 Å². The summed E-state index contributed by atoms with van der Waals surface area (Å²) in [6.07, 6.45) is 0.782. The van der Waals surface area contributed by atoms with Crippen LogP contribution in [0.3, 0.4) is 0 Å². The standard InChI is InChI=1S/C24H22FN3O2/c1-16-2-6-19(7-3-16)23(29)28-13-12-18-8-11-21(14-22(18)28)27-24(30)26-15-17-4-9-20(25)10-5-17/h2-11,14H,12-13,15H2,1H3,(H2,26,27,30). The Morgan fingerprint density at radius 3 is 2.47 bits per heavy atom. The van der Waals surface area contributed by atoms with E-state index in [2.05, 4.69) is 10.6 Å². The van der Waals surface area contributed by atoms with Crippen molar-refractivity contribution in [3.63, 3.8) is 0 Å². The molecule has 5 nitrogen and oxygen atoms in total. The second-order valence-corrected chi connectivity index (χ2v) is 7.35. The minimum absolute atomic E-state index is 0.0494. The van der Waals surface area contributed by atoms with Gasteiger partial charge >= 0.3 is 6.03 Å². The lowest BCUT2D eigenvalue weighted by Crippen LogP contribution is -2.29. The summed E-state index contributed by atoms with van der Waals surface area (Å²) in [6, 6.07) is 18.7. The molecule has 0 saturated heterocycles. The summed E-state index contributed by atoms with van der Waals surface area (Å²) in [5, 5.41) is 5.54. The van der Waals surface area contributed by atoms with E-state index in [0.29, 0.717) is 17.8 Å². The van der Waals surface area contributed by atoms with Crippen LogP contribution in [0.15, 0.2) is 66.7 Å². The third-order valence-electron chi connectivity index (χ3n) is 5.15. The number of hydrogen-bond donors (Lipinski definition) is 2. The van der Waals surface area contributed by atoms with Gasteiger partial charge in [0, 0.05) is 30.0 Å². The second kappa shape index (κ2) is 8.37. The minimum atomic E-state index is -0.367. The number of fused-ring (bicyclic) bond motifs is 1. The number of aryl methyl sites for hydroxylation is 1. The summed E-state index contributed by atoms with van der Waals surface area (Å²) in [5.41, 5.74) is 5.05. The number of amides is 3. The number of hydrogen-bond acceptors (Lipinski definition) is 2. The van der Waals surface area contributed by atoms with Gasteiger partial charge in [-0.1, -0.05) is 35.9 Å². The Labute approximate surface area is 174 Å². The molecule has 0 radical (unpaired) electrons. The molecule has 0 fully saturated rings. The topological polar surface area (TPSA) is 61.4 Å². The highest BCUT2D eigenvalue weighted by Gasteiger charge is 2.26. The molecule has 6 heteroatoms. The molecule has 3 aromatic rings. The molecular weight excluding hydrogens is 381 g/mol. The highest BCUT2D eigenvalue weighted by molar-refractivity contribution is 6.07. The zero-order valence-corrected chi connectivity index (χ0v) is 16.6. The lowest BCUT2D eigenvalue weighted by atomic mass is 10.1. The third-order valence-corrected chi connectivity index (χ3v) is 5.15. The van der Waals surface area contributed by atoms with Crippen molar-refractivity contribution in [2.24, 2.45) is 0 Å². The summed E-state index contributed by atoms with van der Waals surface area (Å²) in [7, 11) is 0. The SMILES string of the molecule is Cc1ccc(C(=O)N2CCc3ccc(NC(=O)NCc4ccc(F)cc4)cc32)cc1. The molecule has 0 aliphatic carbocycles. The number of benzene rings is 3. The van der Waals surface area contributed by atoms with E-state index in [4.69, 9.17) is 0 Å². The summed E-state index contributed by atoms with van der Waals surface area (Å²) in [6.45, 7) is 2.88. The summed E-state index contributed by atoms with van der Waals surface area (Å²) in [5.74, 6) is -0.363. The lowest BCUT2D eigenvalue weighted by molar-refractivity contribution is 0.0989. The van der Waals surface area contributed by atoms with Crippen molar-refractivity contribution in [2.45, 2.75) is 19.9 Å². The maximum atomic E-state index is 13.0. The Hall–Kier alpha value is -3.67. The van der Waals surface area contributed by atoms with E-state index in [1.807, 2.05) is 49.4 Å². The molecule has 3 amide bonds. The van der Waals surface area contributed by atoms with Gasteiger partial charge in [-0.15, -0.1) is 0 Å². The van der Waals surface area contributed by atoms with Gasteiger partial charge in [0.25, 0.3) is 5.91 Å². The highest BCUT2D eigenvalue weighted by Crippen LogP contribution is 2.32. The molecule has 3 aromatic carbocycles. The van der Waals surface area contributed by atoms with Gasteiger partial charge in [0.15, 0.2) is 0 Å². The number of urea groups is 1. The molecule has 0 bridgehead atoms. The zero-order valence-electron chi connectivity index (χ0n) is 16.6. The Balaban J connectivity index is 1.43. The first-order valence-corrected chi connectivity index (χ1v) is 9.80. The predicted octanol–water partition coefficient (Wildman–Crippen LogP) is 4.66. The maximum absolute atomic E-state index is 13.0. The van der Waals surface area contributed by atoms with Gasteiger partial charge in [0.2, 0.25) is 0 Å². The molecule has 1 aliphatic heterocycles. The van der Waals surface area contributed by atoms with Gasteiger partial charge in [0.05, 0.1) is 0 Å². The van der Waals surface area contributed by atoms with Crippen LogP contribution in [0.5, 0.6) is 0 Å². The molecule has 30 heavy (non-hydrogen) atoms. The molecule has 1 heterocycles. The third kappa shape index (κ3) is 4.33. The summed E-state index contributed by atoms with van der Waals surface area (Å²) in [4.78, 5) is 26.9. The van der Waals surface area contributed by atoms with Gasteiger partial charge in [-0.2, -0.15) is 0 Å². The zero-order chi connectivity index (χ0) is 21.1. The van der Waals surface area contributed by atoms with Crippen LogP contribution in [0, 0.1) is 12.7 Å². The monoisotopic (exact) mass is 403 g/mol. The van der Waals surface area contributed by atoms with Crippen molar-refractivity contribution in [2.75, 3.05) is 16.8 Å². The molecule has 0 unspecified atom stereocenters. The molecule has 0 saturated carbocycles. The second-order valence-electron chi connectivity index (χ2n) is 7.35. The van der Waals surface area contributed by atoms with Gasteiger partial charge < -0.3 is 15.5 Å². The smallest absolute Gasteiger partial charge is 0.319 e. The molecule has 0 atom stereocenters. The van der Waals surface area contributed by atoms with E-state index >= 15 is 0 Å². The Morgan fingerprint density at radius 1 is 1.00 bits per heavy atom. The number of nitrogens with one attached hydrogen (secondary N) is 2. The number of anilines is 2. The van der Waals surface area contributed by atoms with Gasteiger partial charge in [-0.3, -0.25) is 4.79 Å². The van der Waals surface area contributed by atoms with Gasteiger partial charge in [0.1, 0.15) is 5.82 Å². The van der Waals surface area contributed by atoms with E-state index < -0.39 is 0 Å². The predicted molar refractivity (Wildman–Crippen MR) is 115 cm³/mol. The van der Waals surface area contributed by atoms with Crippen LogP contribution >= 0.6 is 0 Å². The van der Waals surface area contributed by atoms with Crippen LogP contribution in [0.4, 0.5) is 20.6 Å². The summed E-state index contributed by atoms with van der Waals surface area (Å²) < 4.78 is 13.0. The average Bonchev–Trinajstić information content (AvgIpc) is 3.16. The van der Waals surface area contributed by atoms with E-state index in [1.54, 1.807) is 17.0 Å². The Morgan fingerprint density at radius 2 is 1.73 bits per heavy atom. The maximum Gasteiger partial charge on any atom is 0.319 e. The molecular formula is C24H22FN3O2. The number of rotatable bonds is 4. The lowest BCUT2D eigenvalue weighted by Gasteiger charge is -2.18. The van der Waals surface area contributed by atoms with Crippen LogP contribution in [-0.2, 0) is 13.0 Å². The van der Waals surface area contributed by atoms with Crippen LogP contribution in [0.25, 0.3) is 0 Å². The number of nitrogens with zero attached hydrogens (tertiary/aromatic N) is 1. The van der Waals surface area contributed by atoms with Crippen molar-refractivity contribution < 1.29 is 14.0 Å². The fourth-order valence-corrected chi connectivity index (χ4v) is 3.48. The van der Waals surface area contributed by atoms with Crippen molar-refractivity contribution >= 4 is 23.3 Å². The first-order valence-electron chi connectivity index (χ1n) is 9.80. The van der Waals surface area contributed by atoms with Crippen LogP contribution < -0.4 is 15.5 Å². The molecule has 0 spiro atoms. The van der Waals surface area contributed by atoms with Crippen molar-refractivity contribution in [1.29, 1.82) is 0 Å². The Bertz CT molecular complexity index is 1080. The van der Waals surface area contributed by atoms with E-state index in [1.165, 1.54) is 12.1 Å². The largest absolute Gasteiger partial charge is 0.334 e. The van der Waals surface area contributed by atoms with Crippen LogP contribution in [-0.4, -0.2) is 18.5 Å². The molecule has 1 aliphatic rings. The number of carbonyl (C=O) groups excluding carboxylic acids is 2. The Kier molecular flexibility index (Phi) is 5.48. The molecule has 152 valence electrons. The van der Waals surface area contributed by atoms with E-state index in [9.17, 15) is 14.0 Å². The summed E-state index contributed by atoms with van der Waals surface area (Å²) >= 11 is 0. The van der Waals surface area contributed by atoms with Gasteiger partial charge in [-0.05, 0) is 60.9 Å². The van der Waals surface area contributed by atoms with Gasteiger partial charge in [-0.25, -0.2) is 9.18 Å². The van der Waals surface area contributed by atoms with Crippen molar-refractivity contribution in [3.8, 4) is 0 Å². The number of carbonyl (C=O) groups is 2. The average molecular weight is 403 g/mol. The number of halogens is 1. The minimum Gasteiger partial charge on any atom is -0.334 e. The normalized spacial score (nSPS) is 12.4. The van der Waals surface area contributed by atoms with Crippen molar-refractivity contribution in [3.05, 3.63) is 94.8 Å². The first kappa shape index (κ1) is 19.6.